The molecule has 79 heavy (non-hydrogen) atoms. The summed E-state index contributed by atoms with van der Waals surface area (Å²) < 4.78 is 67.7. The summed E-state index contributed by atoms with van der Waals surface area (Å²) >= 11 is 0. The van der Waals surface area contributed by atoms with Crippen LogP contribution in [0.25, 0.3) is 0 Å². The van der Waals surface area contributed by atoms with E-state index in [0.717, 1.165) is 103 Å². The average Bonchev–Trinajstić information content (AvgIpc) is 3.42. The second-order valence-electron chi connectivity index (χ2n) is 21.7. The minimum atomic E-state index is -4.94. The first-order valence-corrected chi connectivity index (χ1v) is 34.8. The molecule has 468 valence electrons. The molecule has 0 bridgehead atoms. The molecule has 0 radical (unpaired) electrons. The molecule has 0 aliphatic heterocycles. The van der Waals surface area contributed by atoms with Crippen molar-refractivity contribution >= 4 is 39.5 Å². The van der Waals surface area contributed by atoms with Crippen molar-refractivity contribution in [1.82, 2.24) is 0 Å². The zero-order chi connectivity index (χ0) is 58.3. The van der Waals surface area contributed by atoms with Gasteiger partial charge in [0, 0.05) is 25.7 Å². The van der Waals surface area contributed by atoms with Crippen LogP contribution in [0.1, 0.15) is 304 Å². The third kappa shape index (κ3) is 55.0. The number of hydrogen-bond donors (Lipinski definition) is 3. The number of hydrogen-bond acceptors (Lipinski definition) is 15. The van der Waals surface area contributed by atoms with Gasteiger partial charge >= 0.3 is 39.5 Å². The number of esters is 4. The first-order valence-electron chi connectivity index (χ1n) is 31.8. The number of carbonyl (C=O) groups excluding carboxylic acids is 4. The van der Waals surface area contributed by atoms with Gasteiger partial charge in [0.05, 0.1) is 26.4 Å². The Morgan fingerprint density at radius 2 is 0.506 bits per heavy atom. The molecule has 5 atom stereocenters. The maximum atomic E-state index is 12.9. The Bertz CT molecular complexity index is 1540. The van der Waals surface area contributed by atoms with Gasteiger partial charge in [-0.1, -0.05) is 252 Å². The van der Waals surface area contributed by atoms with E-state index in [2.05, 4.69) is 27.7 Å². The highest BCUT2D eigenvalue weighted by atomic mass is 31.2. The molecule has 0 aromatic carbocycles. The lowest BCUT2D eigenvalue weighted by Gasteiger charge is -2.21. The maximum absolute atomic E-state index is 12.9. The Balaban J connectivity index is 5.20. The highest BCUT2D eigenvalue weighted by molar-refractivity contribution is 7.47. The number of aliphatic hydroxyl groups excluding tert-OH is 1. The van der Waals surface area contributed by atoms with E-state index < -0.39 is 97.5 Å². The van der Waals surface area contributed by atoms with Gasteiger partial charge < -0.3 is 33.8 Å². The number of phosphoric acid groups is 2. The third-order valence-electron chi connectivity index (χ3n) is 13.9. The molecule has 0 saturated carbocycles. The van der Waals surface area contributed by atoms with E-state index in [0.29, 0.717) is 25.7 Å². The lowest BCUT2D eigenvalue weighted by Crippen LogP contribution is -2.30. The lowest BCUT2D eigenvalue weighted by molar-refractivity contribution is -0.161. The van der Waals surface area contributed by atoms with E-state index in [-0.39, 0.29) is 25.7 Å². The normalized spacial score (nSPS) is 14.3. The van der Waals surface area contributed by atoms with Crippen LogP contribution < -0.4 is 0 Å². The third-order valence-corrected chi connectivity index (χ3v) is 15.8. The van der Waals surface area contributed by atoms with E-state index in [4.69, 9.17) is 37.0 Å². The topological polar surface area (TPSA) is 237 Å². The fourth-order valence-electron chi connectivity index (χ4n) is 8.93. The Morgan fingerprint density at radius 3 is 0.747 bits per heavy atom. The number of unbranched alkanes of at least 4 members (excludes halogenated alkanes) is 35. The van der Waals surface area contributed by atoms with Gasteiger partial charge in [-0.05, 0) is 25.7 Å². The molecular weight excluding hydrogens is 1050 g/mol. The fourth-order valence-corrected chi connectivity index (χ4v) is 10.5. The van der Waals surface area contributed by atoms with Gasteiger partial charge in [0.2, 0.25) is 0 Å². The smallest absolute Gasteiger partial charge is 0.462 e. The van der Waals surface area contributed by atoms with Crippen LogP contribution >= 0.6 is 15.6 Å². The molecule has 0 fully saturated rings. The van der Waals surface area contributed by atoms with Gasteiger partial charge in [-0.2, -0.15) is 0 Å². The maximum Gasteiger partial charge on any atom is 0.472 e. The van der Waals surface area contributed by atoms with Crippen molar-refractivity contribution in [3.8, 4) is 0 Å². The molecule has 0 aliphatic carbocycles. The summed E-state index contributed by atoms with van der Waals surface area (Å²) in [5.74, 6) is -2.14. The Kier molecular flexibility index (Phi) is 53.9. The van der Waals surface area contributed by atoms with Crippen molar-refractivity contribution in [3.05, 3.63) is 0 Å². The van der Waals surface area contributed by atoms with Crippen molar-refractivity contribution < 1.29 is 80.2 Å². The van der Waals surface area contributed by atoms with Crippen LogP contribution in [-0.4, -0.2) is 96.7 Å². The van der Waals surface area contributed by atoms with Crippen molar-refractivity contribution in [2.45, 2.75) is 322 Å². The predicted molar refractivity (Wildman–Crippen MR) is 312 cm³/mol. The molecule has 0 rings (SSSR count). The summed E-state index contributed by atoms with van der Waals surface area (Å²) in [6.07, 6.45) is 38.9. The molecule has 2 unspecified atom stereocenters. The molecule has 0 aromatic rings. The molecular formula is C60H116O17P2. The van der Waals surface area contributed by atoms with Crippen LogP contribution in [0.4, 0.5) is 0 Å². The van der Waals surface area contributed by atoms with E-state index in [9.17, 15) is 43.2 Å². The summed E-state index contributed by atoms with van der Waals surface area (Å²) in [6.45, 7) is 4.81. The molecule has 0 aromatic heterocycles. The first kappa shape index (κ1) is 77.1. The molecule has 0 amide bonds. The number of rotatable bonds is 61. The van der Waals surface area contributed by atoms with Crippen LogP contribution in [0.5, 0.6) is 0 Å². The second kappa shape index (κ2) is 55.3. The van der Waals surface area contributed by atoms with Gasteiger partial charge in [-0.3, -0.25) is 37.3 Å². The van der Waals surface area contributed by atoms with E-state index in [1.165, 1.54) is 122 Å². The summed E-state index contributed by atoms with van der Waals surface area (Å²) in [5, 5.41) is 10.5. The highest BCUT2D eigenvalue weighted by Crippen LogP contribution is 2.45. The predicted octanol–water partition coefficient (Wildman–Crippen LogP) is 16.4. The quantitative estimate of drug-likeness (QED) is 0.0222. The SMILES string of the molecule is CCCCCCCCCCCCCCCC(=O)O[C@H](COC(=O)CCCCCCCCCCCC)COP(=O)(O)OC[C@@H](O)COP(=O)(O)OC[C@@H](COC(=O)CCCCCCCCCC)OC(=O)CCCCCCCCCC. The number of aliphatic hydroxyl groups is 1. The van der Waals surface area contributed by atoms with Gasteiger partial charge in [0.15, 0.2) is 12.2 Å². The molecule has 19 heteroatoms. The van der Waals surface area contributed by atoms with Gasteiger partial charge in [-0.25, -0.2) is 9.13 Å². The van der Waals surface area contributed by atoms with E-state index in [1.54, 1.807) is 0 Å². The van der Waals surface area contributed by atoms with Crippen LogP contribution in [0.3, 0.4) is 0 Å². The van der Waals surface area contributed by atoms with Gasteiger partial charge in [0.1, 0.15) is 19.3 Å². The van der Waals surface area contributed by atoms with Crippen molar-refractivity contribution in [1.29, 1.82) is 0 Å². The molecule has 0 heterocycles. The monoisotopic (exact) mass is 1170 g/mol. The van der Waals surface area contributed by atoms with Gasteiger partial charge in [-0.15, -0.1) is 0 Å². The fraction of sp³-hybridized carbons (Fsp3) is 0.933. The Hall–Kier alpha value is -1.94. The molecule has 3 N–H and O–H groups in total. The molecule has 17 nitrogen and oxygen atoms in total. The largest absolute Gasteiger partial charge is 0.472 e. The van der Waals surface area contributed by atoms with Crippen LogP contribution in [-0.2, 0) is 65.4 Å². The van der Waals surface area contributed by atoms with E-state index in [1.807, 2.05) is 0 Å². The van der Waals surface area contributed by atoms with Crippen LogP contribution in [0.15, 0.2) is 0 Å². The first-order chi connectivity index (χ1) is 38.2. The second-order valence-corrected chi connectivity index (χ2v) is 24.6. The molecule has 0 spiro atoms. The summed E-state index contributed by atoms with van der Waals surface area (Å²) in [5.41, 5.74) is 0. The zero-order valence-corrected chi connectivity index (χ0v) is 52.1. The average molecular weight is 1170 g/mol. The molecule has 0 saturated heterocycles. The summed E-state index contributed by atoms with van der Waals surface area (Å²) in [7, 11) is -9.87. The van der Waals surface area contributed by atoms with Crippen LogP contribution in [0, 0.1) is 0 Å². The van der Waals surface area contributed by atoms with Crippen molar-refractivity contribution in [3.63, 3.8) is 0 Å². The number of ether oxygens (including phenoxy) is 4. The minimum absolute atomic E-state index is 0.105. The van der Waals surface area contributed by atoms with E-state index >= 15 is 0 Å². The van der Waals surface area contributed by atoms with Crippen molar-refractivity contribution in [2.75, 3.05) is 39.6 Å². The summed E-state index contributed by atoms with van der Waals surface area (Å²) in [4.78, 5) is 71.9. The Labute approximate surface area is 479 Å². The van der Waals surface area contributed by atoms with Crippen LogP contribution in [0.2, 0.25) is 0 Å². The zero-order valence-electron chi connectivity index (χ0n) is 50.3. The van der Waals surface area contributed by atoms with Crippen molar-refractivity contribution in [2.24, 2.45) is 0 Å². The minimum Gasteiger partial charge on any atom is -0.462 e. The lowest BCUT2D eigenvalue weighted by atomic mass is 10.0. The standard InChI is InChI=1S/C60H116O17P2/c1-5-9-13-17-21-25-27-28-29-31-35-39-43-47-60(65)77-56(51-71-58(63)45-41-37-34-30-26-22-18-14-10-6-2)53-75-79(68,69)73-49-54(61)48-72-78(66,67)74-52-55(76-59(64)46-42-38-33-24-20-16-12-8-4)50-70-57(62)44-40-36-32-23-19-15-11-7-3/h54-56,61H,5-53H2,1-4H3,(H,66,67)(H,68,69)/t54-,55+,56+/m0/s1. The summed E-state index contributed by atoms with van der Waals surface area (Å²) in [6, 6.07) is 0. The molecule has 0 aliphatic rings. The number of phosphoric ester groups is 2. The highest BCUT2D eigenvalue weighted by Gasteiger charge is 2.30. The Morgan fingerprint density at radius 1 is 0.304 bits per heavy atom. The van der Waals surface area contributed by atoms with Gasteiger partial charge in [0.25, 0.3) is 0 Å². The number of carbonyl (C=O) groups is 4.